The Labute approximate surface area is 283 Å². The molecule has 1 heterocycles. The lowest BCUT2D eigenvalue weighted by molar-refractivity contribution is -0.140. The monoisotopic (exact) mass is 655 g/mol. The highest BCUT2D eigenvalue weighted by atomic mass is 35.5. The number of amides is 3. The number of carbonyl (C=O) groups is 3. The summed E-state index contributed by atoms with van der Waals surface area (Å²) in [4.78, 5) is 45.2. The van der Waals surface area contributed by atoms with Crippen molar-refractivity contribution in [3.63, 3.8) is 0 Å². The minimum atomic E-state index is -1.10. The maximum atomic E-state index is 14.2. The summed E-state index contributed by atoms with van der Waals surface area (Å²) in [6, 6.07) is 24.4. The van der Waals surface area contributed by atoms with Crippen LogP contribution in [0, 0.1) is 0 Å². The van der Waals surface area contributed by atoms with Gasteiger partial charge in [-0.05, 0) is 60.1 Å². The Morgan fingerprint density at radius 3 is 2.04 bits per heavy atom. The predicted octanol–water partition coefficient (Wildman–Crippen LogP) is 4.07. The average Bonchev–Trinajstić information content (AvgIpc) is 3.46. The first-order valence-electron chi connectivity index (χ1n) is 17.0. The van der Waals surface area contributed by atoms with Gasteiger partial charge in [0, 0.05) is 49.7 Å². The highest BCUT2D eigenvalue weighted by Gasteiger charge is 2.43. The Morgan fingerprint density at radius 2 is 1.40 bits per heavy atom. The topological polar surface area (TPSA) is 108 Å². The summed E-state index contributed by atoms with van der Waals surface area (Å²) < 4.78 is 0. The molecule has 3 aromatic carbocycles. The summed E-state index contributed by atoms with van der Waals surface area (Å²) >= 11 is 6.14. The number of benzene rings is 3. The zero-order valence-corrected chi connectivity index (χ0v) is 27.8. The molecule has 8 nitrogen and oxygen atoms in total. The number of halogens is 1. The maximum Gasteiger partial charge on any atom is 0.245 e. The molecule has 1 atom stereocenters. The van der Waals surface area contributed by atoms with Gasteiger partial charge in [0.2, 0.25) is 17.7 Å². The number of nitrogens with zero attached hydrogens (tertiary/aromatic N) is 2. The van der Waals surface area contributed by atoms with Crippen LogP contribution >= 0.6 is 11.6 Å². The minimum absolute atomic E-state index is 0.0405. The van der Waals surface area contributed by atoms with Crippen LogP contribution in [0.3, 0.4) is 0 Å². The molecule has 6 rings (SSSR count). The molecule has 3 aliphatic rings. The van der Waals surface area contributed by atoms with E-state index in [2.05, 4.69) is 15.5 Å². The molecule has 47 heavy (non-hydrogen) atoms. The van der Waals surface area contributed by atoms with Gasteiger partial charge in [0.05, 0.1) is 6.42 Å². The van der Waals surface area contributed by atoms with Crippen molar-refractivity contribution in [1.29, 1.82) is 0 Å². The van der Waals surface area contributed by atoms with Crippen molar-refractivity contribution in [2.45, 2.75) is 74.9 Å². The van der Waals surface area contributed by atoms with Crippen molar-refractivity contribution in [2.75, 3.05) is 32.7 Å². The van der Waals surface area contributed by atoms with Crippen LogP contribution in [0.1, 0.15) is 54.4 Å². The smallest absolute Gasteiger partial charge is 0.245 e. The van der Waals surface area contributed by atoms with Gasteiger partial charge in [-0.1, -0.05) is 97.6 Å². The number of carbonyl (C=O) groups excluding carboxylic acids is 3. The maximum absolute atomic E-state index is 14.2. The Hall–Kier alpha value is -3.72. The quantitative estimate of drug-likeness (QED) is 0.305. The van der Waals surface area contributed by atoms with Crippen LogP contribution in [0.2, 0.25) is 5.02 Å². The van der Waals surface area contributed by atoms with Gasteiger partial charge >= 0.3 is 0 Å². The fourth-order valence-corrected chi connectivity index (χ4v) is 7.83. The van der Waals surface area contributed by atoms with Crippen LogP contribution in [-0.4, -0.2) is 77.4 Å². The number of nitrogens with one attached hydrogen (secondary N) is 2. The highest BCUT2D eigenvalue weighted by molar-refractivity contribution is 6.30. The molecule has 1 unspecified atom stereocenters. The number of hydrogen-bond acceptors (Lipinski definition) is 5. The Bertz CT molecular complexity index is 1520. The number of nitrogens with two attached hydrogens (primary N) is 1. The van der Waals surface area contributed by atoms with E-state index in [1.807, 2.05) is 71.6 Å². The number of rotatable bonds is 10. The van der Waals surface area contributed by atoms with Crippen molar-refractivity contribution < 1.29 is 14.4 Å². The molecule has 0 bridgehead atoms. The van der Waals surface area contributed by atoms with Crippen molar-refractivity contribution in [1.82, 2.24) is 20.4 Å². The summed E-state index contributed by atoms with van der Waals surface area (Å²) in [5, 5.41) is 6.95. The zero-order chi connectivity index (χ0) is 32.9. The molecular formula is C38H46ClN5O3. The number of fused-ring (bicyclic) bond motifs is 1. The second kappa shape index (κ2) is 14.6. The van der Waals surface area contributed by atoms with Crippen molar-refractivity contribution >= 4 is 29.3 Å². The Kier molecular flexibility index (Phi) is 10.3. The standard InChI is InChI=1S/C38H46ClN5O3/c39-32-15-13-29(14-16-32)23-33(42-36(47)38(40)25-30-11-5-6-12-31(30)26-38)35(46)43-19-21-44(22-20-43)37(17-7-2-8-18-37)27-41-34(45)24-28-9-3-1-4-10-28/h1,3-6,9-16,33H,2,7-8,17-27,40H2,(H,41,45)(H,42,47). The van der Waals surface area contributed by atoms with Gasteiger partial charge in [-0.25, -0.2) is 0 Å². The van der Waals surface area contributed by atoms with E-state index in [0.717, 1.165) is 61.0 Å². The second-order valence-corrected chi connectivity index (χ2v) is 14.1. The van der Waals surface area contributed by atoms with Gasteiger partial charge < -0.3 is 21.3 Å². The van der Waals surface area contributed by atoms with Crippen molar-refractivity contribution in [2.24, 2.45) is 5.73 Å². The summed E-state index contributed by atoms with van der Waals surface area (Å²) in [5.74, 6) is -0.355. The van der Waals surface area contributed by atoms with Crippen LogP contribution in [0.4, 0.5) is 0 Å². The lowest BCUT2D eigenvalue weighted by Gasteiger charge is -2.50. The fourth-order valence-electron chi connectivity index (χ4n) is 7.71. The first-order valence-corrected chi connectivity index (χ1v) is 17.4. The molecule has 9 heteroatoms. The molecule has 0 aromatic heterocycles. The second-order valence-electron chi connectivity index (χ2n) is 13.7. The molecule has 4 N–H and O–H groups in total. The van der Waals surface area contributed by atoms with E-state index in [0.29, 0.717) is 50.3 Å². The fraction of sp³-hybridized carbons (Fsp3) is 0.447. The summed E-state index contributed by atoms with van der Waals surface area (Å²) in [5.41, 5.74) is 9.58. The van der Waals surface area contributed by atoms with Crippen LogP contribution in [0.5, 0.6) is 0 Å². The molecule has 248 valence electrons. The van der Waals surface area contributed by atoms with Crippen LogP contribution in [0.25, 0.3) is 0 Å². The van der Waals surface area contributed by atoms with Gasteiger partial charge in [-0.3, -0.25) is 19.3 Å². The van der Waals surface area contributed by atoms with E-state index < -0.39 is 11.6 Å². The van der Waals surface area contributed by atoms with Gasteiger partial charge in [-0.15, -0.1) is 0 Å². The van der Waals surface area contributed by atoms with Gasteiger partial charge in [0.25, 0.3) is 0 Å². The SMILES string of the molecule is NC1(C(=O)NC(Cc2ccc(Cl)cc2)C(=O)N2CCN(C3(CNC(=O)Cc4ccccc4)CCCCC3)CC2)Cc2ccccc2C1. The molecule has 0 radical (unpaired) electrons. The minimum Gasteiger partial charge on any atom is -0.354 e. The largest absolute Gasteiger partial charge is 0.354 e. The molecule has 2 fully saturated rings. The van der Waals surface area contributed by atoms with E-state index >= 15 is 0 Å². The van der Waals surface area contributed by atoms with Gasteiger partial charge in [-0.2, -0.15) is 0 Å². The number of piperazine rings is 1. The highest BCUT2D eigenvalue weighted by Crippen LogP contribution is 2.34. The van der Waals surface area contributed by atoms with Crippen LogP contribution < -0.4 is 16.4 Å². The summed E-state index contributed by atoms with van der Waals surface area (Å²) in [6.45, 7) is 3.18. The molecule has 2 aliphatic carbocycles. The number of hydrogen-bond donors (Lipinski definition) is 3. The van der Waals surface area contributed by atoms with Crippen molar-refractivity contribution in [3.8, 4) is 0 Å². The van der Waals surface area contributed by atoms with Crippen LogP contribution in [0.15, 0.2) is 78.9 Å². The third kappa shape index (κ3) is 7.88. The molecule has 1 aliphatic heterocycles. The first-order chi connectivity index (χ1) is 22.7. The average molecular weight is 656 g/mol. The lowest BCUT2D eigenvalue weighted by atomic mass is 9.79. The van der Waals surface area contributed by atoms with E-state index in [1.54, 1.807) is 12.1 Å². The van der Waals surface area contributed by atoms with E-state index in [4.69, 9.17) is 17.3 Å². The normalized spacial score (nSPS) is 19.4. The molecule has 1 saturated heterocycles. The lowest BCUT2D eigenvalue weighted by Crippen LogP contribution is -2.64. The molecule has 0 spiro atoms. The van der Waals surface area contributed by atoms with Gasteiger partial charge in [0.15, 0.2) is 0 Å². The third-order valence-corrected chi connectivity index (χ3v) is 10.7. The van der Waals surface area contributed by atoms with E-state index in [1.165, 1.54) is 6.42 Å². The van der Waals surface area contributed by atoms with Crippen LogP contribution in [-0.2, 0) is 40.1 Å². The summed E-state index contributed by atoms with van der Waals surface area (Å²) in [6.07, 6.45) is 7.14. The molecular weight excluding hydrogens is 610 g/mol. The Morgan fingerprint density at radius 1 is 0.787 bits per heavy atom. The molecule has 3 aromatic rings. The summed E-state index contributed by atoms with van der Waals surface area (Å²) in [7, 11) is 0. The third-order valence-electron chi connectivity index (χ3n) is 10.4. The molecule has 3 amide bonds. The van der Waals surface area contributed by atoms with Gasteiger partial charge in [0.1, 0.15) is 11.6 Å². The first kappa shape index (κ1) is 33.2. The van der Waals surface area contributed by atoms with E-state index in [9.17, 15) is 14.4 Å². The zero-order valence-electron chi connectivity index (χ0n) is 27.1. The Balaban J connectivity index is 1.11. The predicted molar refractivity (Wildman–Crippen MR) is 185 cm³/mol. The van der Waals surface area contributed by atoms with Crippen molar-refractivity contribution in [3.05, 3.63) is 106 Å². The van der Waals surface area contributed by atoms with E-state index in [-0.39, 0.29) is 23.3 Å². The molecule has 1 saturated carbocycles.